The normalized spacial score (nSPS) is 10.7. The van der Waals surface area contributed by atoms with Crippen molar-refractivity contribution in [3.8, 4) is 5.75 Å². The largest absolute Gasteiger partial charge is 0.482 e. The molecule has 8 nitrogen and oxygen atoms in total. The average Bonchev–Trinajstić information content (AvgIpc) is 3.02. The molecular formula is C17H15ClN4O4. The minimum Gasteiger partial charge on any atom is -0.482 e. The van der Waals surface area contributed by atoms with Crippen LogP contribution in [0.4, 0.5) is 5.69 Å². The molecule has 0 unspecified atom stereocenters. The van der Waals surface area contributed by atoms with Gasteiger partial charge >= 0.3 is 0 Å². The van der Waals surface area contributed by atoms with E-state index in [0.29, 0.717) is 40.6 Å². The maximum atomic E-state index is 11.8. The number of nitrogens with zero attached hydrogens (tertiary/aromatic N) is 2. The second-order valence-electron chi connectivity index (χ2n) is 5.46. The number of nitro groups is 1. The van der Waals surface area contributed by atoms with Gasteiger partial charge in [-0.25, -0.2) is 4.98 Å². The molecule has 0 fully saturated rings. The van der Waals surface area contributed by atoms with Crippen LogP contribution in [0.5, 0.6) is 5.75 Å². The zero-order valence-corrected chi connectivity index (χ0v) is 14.3. The molecule has 0 atom stereocenters. The van der Waals surface area contributed by atoms with Gasteiger partial charge in [-0.3, -0.25) is 14.9 Å². The molecule has 0 aliphatic heterocycles. The Hall–Kier alpha value is -3.13. The van der Waals surface area contributed by atoms with E-state index in [1.165, 1.54) is 12.1 Å². The number of benzene rings is 2. The van der Waals surface area contributed by atoms with Crippen LogP contribution in [0.2, 0.25) is 5.02 Å². The lowest BCUT2D eigenvalue weighted by Crippen LogP contribution is -2.30. The molecule has 0 spiro atoms. The highest BCUT2D eigenvalue weighted by molar-refractivity contribution is 6.32. The van der Waals surface area contributed by atoms with Crippen LogP contribution in [0.3, 0.4) is 0 Å². The van der Waals surface area contributed by atoms with Crippen molar-refractivity contribution in [1.82, 2.24) is 15.3 Å². The molecule has 0 aliphatic rings. The standard InChI is InChI=1S/C17H15ClN4O4/c18-12-3-1-2-4-15(12)26-10-17(23)19-8-7-16-20-13-6-5-11(22(24)25)9-14(13)21-16/h1-6,9H,7-8,10H2,(H,19,23)(H,20,21). The Morgan fingerprint density at radius 3 is 2.88 bits per heavy atom. The van der Waals surface area contributed by atoms with Crippen molar-refractivity contribution in [3.05, 3.63) is 63.4 Å². The number of carbonyl (C=O) groups excluding carboxylic acids is 1. The van der Waals surface area contributed by atoms with E-state index in [1.54, 1.807) is 30.3 Å². The average molecular weight is 375 g/mol. The Bertz CT molecular complexity index is 957. The van der Waals surface area contributed by atoms with Crippen LogP contribution < -0.4 is 10.1 Å². The van der Waals surface area contributed by atoms with Gasteiger partial charge in [0, 0.05) is 25.1 Å². The third kappa shape index (κ3) is 4.28. The summed E-state index contributed by atoms with van der Waals surface area (Å²) < 4.78 is 5.35. The van der Waals surface area contributed by atoms with Gasteiger partial charge in [0.05, 0.1) is 21.0 Å². The highest BCUT2D eigenvalue weighted by atomic mass is 35.5. The molecule has 0 saturated heterocycles. The number of fused-ring (bicyclic) bond motifs is 1. The van der Waals surface area contributed by atoms with E-state index in [2.05, 4.69) is 15.3 Å². The molecule has 1 amide bonds. The highest BCUT2D eigenvalue weighted by Crippen LogP contribution is 2.22. The van der Waals surface area contributed by atoms with E-state index in [1.807, 2.05) is 0 Å². The Kier molecular flexibility index (Phi) is 5.33. The summed E-state index contributed by atoms with van der Waals surface area (Å²) >= 11 is 5.95. The van der Waals surface area contributed by atoms with Crippen LogP contribution in [0, 0.1) is 10.1 Å². The van der Waals surface area contributed by atoms with Gasteiger partial charge in [-0.05, 0) is 18.2 Å². The number of hydrogen-bond acceptors (Lipinski definition) is 5. The number of hydrogen-bond donors (Lipinski definition) is 2. The number of rotatable bonds is 7. The van der Waals surface area contributed by atoms with Gasteiger partial charge in [0.15, 0.2) is 6.61 Å². The number of H-pyrrole nitrogens is 1. The topological polar surface area (TPSA) is 110 Å². The molecule has 0 radical (unpaired) electrons. The fourth-order valence-electron chi connectivity index (χ4n) is 2.36. The predicted octanol–water partition coefficient (Wildman–Crippen LogP) is 2.86. The first-order valence-electron chi connectivity index (χ1n) is 7.80. The van der Waals surface area contributed by atoms with E-state index < -0.39 is 4.92 Å². The van der Waals surface area contributed by atoms with E-state index >= 15 is 0 Å². The van der Waals surface area contributed by atoms with Gasteiger partial charge in [0.25, 0.3) is 11.6 Å². The molecule has 0 saturated carbocycles. The second-order valence-corrected chi connectivity index (χ2v) is 5.87. The van der Waals surface area contributed by atoms with Gasteiger partial charge in [-0.15, -0.1) is 0 Å². The molecule has 134 valence electrons. The summed E-state index contributed by atoms with van der Waals surface area (Å²) in [4.78, 5) is 29.5. The number of aromatic nitrogens is 2. The van der Waals surface area contributed by atoms with Gasteiger partial charge in [0.1, 0.15) is 11.6 Å². The lowest BCUT2D eigenvalue weighted by Gasteiger charge is -2.08. The third-order valence-electron chi connectivity index (χ3n) is 3.60. The monoisotopic (exact) mass is 374 g/mol. The molecule has 1 heterocycles. The highest BCUT2D eigenvalue weighted by Gasteiger charge is 2.10. The SMILES string of the molecule is O=C(COc1ccccc1Cl)NCCc1nc2ccc([N+](=O)[O-])cc2[nH]1. The lowest BCUT2D eigenvalue weighted by atomic mass is 10.3. The molecule has 0 aliphatic carbocycles. The number of aromatic amines is 1. The lowest BCUT2D eigenvalue weighted by molar-refractivity contribution is -0.384. The first kappa shape index (κ1) is 17.7. The molecule has 26 heavy (non-hydrogen) atoms. The zero-order chi connectivity index (χ0) is 18.5. The van der Waals surface area contributed by atoms with Gasteiger partial charge in [-0.1, -0.05) is 23.7 Å². The number of nitrogens with one attached hydrogen (secondary N) is 2. The smallest absolute Gasteiger partial charge is 0.271 e. The second kappa shape index (κ2) is 7.83. The van der Waals surface area contributed by atoms with Crippen LogP contribution in [-0.2, 0) is 11.2 Å². The molecule has 9 heteroatoms. The number of imidazole rings is 1. The van der Waals surface area contributed by atoms with Gasteiger partial charge in [0.2, 0.25) is 0 Å². The van der Waals surface area contributed by atoms with Crippen molar-refractivity contribution in [1.29, 1.82) is 0 Å². The number of non-ortho nitro benzene ring substituents is 1. The summed E-state index contributed by atoms with van der Waals surface area (Å²) in [5.74, 6) is 0.799. The van der Waals surface area contributed by atoms with E-state index in [4.69, 9.17) is 16.3 Å². The Balaban J connectivity index is 1.50. The van der Waals surface area contributed by atoms with Crippen molar-refractivity contribution >= 4 is 34.2 Å². The van der Waals surface area contributed by atoms with Crippen molar-refractivity contribution in [2.75, 3.05) is 13.2 Å². The van der Waals surface area contributed by atoms with Crippen LogP contribution in [-0.4, -0.2) is 34.0 Å². The molecule has 3 rings (SSSR count). The Labute approximate surface area is 153 Å². The summed E-state index contributed by atoms with van der Waals surface area (Å²) in [7, 11) is 0. The van der Waals surface area contributed by atoms with Crippen molar-refractivity contribution < 1.29 is 14.5 Å². The van der Waals surface area contributed by atoms with E-state index in [9.17, 15) is 14.9 Å². The number of para-hydroxylation sites is 1. The van der Waals surface area contributed by atoms with Crippen molar-refractivity contribution in [3.63, 3.8) is 0 Å². The van der Waals surface area contributed by atoms with Crippen LogP contribution >= 0.6 is 11.6 Å². The number of amides is 1. The summed E-state index contributed by atoms with van der Waals surface area (Å²) in [5, 5.41) is 13.9. The van der Waals surface area contributed by atoms with E-state index in [0.717, 1.165) is 0 Å². The Morgan fingerprint density at radius 1 is 1.31 bits per heavy atom. The maximum Gasteiger partial charge on any atom is 0.271 e. The van der Waals surface area contributed by atoms with Gasteiger partial charge < -0.3 is 15.0 Å². The first-order valence-corrected chi connectivity index (χ1v) is 8.18. The molecular weight excluding hydrogens is 360 g/mol. The van der Waals surface area contributed by atoms with Crippen molar-refractivity contribution in [2.24, 2.45) is 0 Å². The Morgan fingerprint density at radius 2 is 2.12 bits per heavy atom. The molecule has 2 N–H and O–H groups in total. The summed E-state index contributed by atoms with van der Waals surface area (Å²) in [6.45, 7) is 0.211. The zero-order valence-electron chi connectivity index (χ0n) is 13.6. The minimum atomic E-state index is -0.459. The van der Waals surface area contributed by atoms with Crippen LogP contribution in [0.1, 0.15) is 5.82 Å². The van der Waals surface area contributed by atoms with Gasteiger partial charge in [-0.2, -0.15) is 0 Å². The quantitative estimate of drug-likeness (QED) is 0.488. The molecule has 2 aromatic carbocycles. The summed E-state index contributed by atoms with van der Waals surface area (Å²) in [6.07, 6.45) is 0.459. The fraction of sp³-hybridized carbons (Fsp3) is 0.176. The van der Waals surface area contributed by atoms with E-state index in [-0.39, 0.29) is 18.2 Å². The number of halogens is 1. The maximum absolute atomic E-state index is 11.8. The fourth-order valence-corrected chi connectivity index (χ4v) is 2.55. The molecule has 1 aromatic heterocycles. The summed E-state index contributed by atoms with van der Waals surface area (Å²) in [5.41, 5.74) is 1.22. The number of carbonyl (C=O) groups is 1. The third-order valence-corrected chi connectivity index (χ3v) is 3.92. The predicted molar refractivity (Wildman–Crippen MR) is 96.4 cm³/mol. The molecule has 0 bridgehead atoms. The molecule has 3 aromatic rings. The minimum absolute atomic E-state index is 0.00211. The summed E-state index contributed by atoms with van der Waals surface area (Å²) in [6, 6.07) is 11.3. The first-order chi connectivity index (χ1) is 12.5. The van der Waals surface area contributed by atoms with Crippen LogP contribution in [0.25, 0.3) is 11.0 Å². The number of nitro benzene ring substituents is 1. The number of ether oxygens (including phenoxy) is 1. The van der Waals surface area contributed by atoms with Crippen LogP contribution in [0.15, 0.2) is 42.5 Å². The van der Waals surface area contributed by atoms with Crippen molar-refractivity contribution in [2.45, 2.75) is 6.42 Å².